The number of halogens is 1. The van der Waals surface area contributed by atoms with Crippen molar-refractivity contribution < 1.29 is 14.6 Å². The predicted molar refractivity (Wildman–Crippen MR) is 79.9 cm³/mol. The van der Waals surface area contributed by atoms with Gasteiger partial charge < -0.3 is 9.84 Å². The summed E-state index contributed by atoms with van der Waals surface area (Å²) >= 11 is 0. The Hall–Kier alpha value is -0.940. The van der Waals surface area contributed by atoms with Crippen molar-refractivity contribution in [3.05, 3.63) is 35.4 Å². The number of hydrogen-bond acceptors (Lipinski definition) is 4. The highest BCUT2D eigenvalue weighted by Gasteiger charge is 2.41. The van der Waals surface area contributed by atoms with Crippen molar-refractivity contribution in [3.8, 4) is 0 Å². The van der Waals surface area contributed by atoms with Crippen LogP contribution in [0.2, 0.25) is 0 Å². The lowest BCUT2D eigenvalue weighted by molar-refractivity contribution is -0.126. The number of methoxy groups -OCH3 is 1. The third-order valence-electron chi connectivity index (χ3n) is 4.12. The highest BCUT2D eigenvalue weighted by molar-refractivity contribution is 5.85. The van der Waals surface area contributed by atoms with Crippen LogP contribution < -0.4 is 5.73 Å². The summed E-state index contributed by atoms with van der Waals surface area (Å²) in [6, 6.07) is 6.85. The van der Waals surface area contributed by atoms with Crippen LogP contribution in [0, 0.1) is 5.92 Å². The van der Waals surface area contributed by atoms with E-state index in [9.17, 15) is 9.90 Å². The average Bonchev–Trinajstić information content (AvgIpc) is 3.00. The number of carbonyl (C=O) groups excluding carboxylic acids is 1. The lowest BCUT2D eigenvalue weighted by Gasteiger charge is -2.36. The van der Waals surface area contributed by atoms with Crippen molar-refractivity contribution in [1.29, 1.82) is 0 Å². The van der Waals surface area contributed by atoms with E-state index >= 15 is 0 Å². The van der Waals surface area contributed by atoms with E-state index in [2.05, 4.69) is 0 Å². The molecule has 1 aromatic carbocycles. The van der Waals surface area contributed by atoms with Gasteiger partial charge in [0.25, 0.3) is 0 Å². The maximum Gasteiger partial charge on any atom is 0.168 e. The Labute approximate surface area is 125 Å². The molecule has 0 amide bonds. The van der Waals surface area contributed by atoms with Crippen molar-refractivity contribution in [1.82, 2.24) is 0 Å². The Balaban J connectivity index is 0.00000200. The van der Waals surface area contributed by atoms with Gasteiger partial charge in [0.15, 0.2) is 5.72 Å². The van der Waals surface area contributed by atoms with E-state index in [4.69, 9.17) is 10.5 Å². The molecule has 0 bridgehead atoms. The van der Waals surface area contributed by atoms with Crippen LogP contribution in [0.4, 0.5) is 0 Å². The molecule has 1 aromatic rings. The minimum Gasteiger partial charge on any atom is -0.388 e. The standard InChI is InChI=1S/C15H21NO3.ClH/c1-19-15(16,14(18)12-4-2-3-5-12)13-8-6-11(10-17)7-9-13;/h6-10,12,14,18H,2-5,16H2,1H3;1H/t14-,15-;/m1./s1. The monoisotopic (exact) mass is 299 g/mol. The van der Waals surface area contributed by atoms with E-state index in [1.54, 1.807) is 24.3 Å². The summed E-state index contributed by atoms with van der Waals surface area (Å²) in [5.74, 6) is 0.177. The molecule has 0 spiro atoms. The Morgan fingerprint density at radius 1 is 1.35 bits per heavy atom. The minimum absolute atomic E-state index is 0. The Kier molecular flexibility index (Phi) is 6.14. The lowest BCUT2D eigenvalue weighted by Crippen LogP contribution is -2.52. The van der Waals surface area contributed by atoms with Crippen LogP contribution >= 0.6 is 12.4 Å². The second-order valence-electron chi connectivity index (χ2n) is 5.23. The molecule has 0 aliphatic heterocycles. The van der Waals surface area contributed by atoms with Crippen LogP contribution in [0.1, 0.15) is 41.6 Å². The molecule has 5 heteroatoms. The fraction of sp³-hybridized carbons (Fsp3) is 0.533. The number of aliphatic hydroxyl groups is 1. The highest BCUT2D eigenvalue weighted by Crippen LogP contribution is 2.36. The highest BCUT2D eigenvalue weighted by atomic mass is 35.5. The number of aldehydes is 1. The smallest absolute Gasteiger partial charge is 0.168 e. The molecular weight excluding hydrogens is 278 g/mol. The molecule has 2 atom stereocenters. The van der Waals surface area contributed by atoms with E-state index in [-0.39, 0.29) is 18.3 Å². The average molecular weight is 300 g/mol. The maximum absolute atomic E-state index is 10.7. The van der Waals surface area contributed by atoms with Gasteiger partial charge in [-0.05, 0) is 18.8 Å². The number of benzene rings is 1. The zero-order chi connectivity index (χ0) is 13.9. The predicted octanol–water partition coefficient (Wildman–Crippen LogP) is 2.23. The molecule has 4 nitrogen and oxygen atoms in total. The number of rotatable bonds is 5. The second kappa shape index (κ2) is 7.18. The largest absolute Gasteiger partial charge is 0.388 e. The van der Waals surface area contributed by atoms with E-state index in [0.717, 1.165) is 32.0 Å². The van der Waals surface area contributed by atoms with Gasteiger partial charge in [-0.15, -0.1) is 12.4 Å². The van der Waals surface area contributed by atoms with Crippen LogP contribution in [-0.2, 0) is 10.5 Å². The molecule has 0 aromatic heterocycles. The minimum atomic E-state index is -1.21. The summed E-state index contributed by atoms with van der Waals surface area (Å²) in [7, 11) is 1.51. The molecule has 0 radical (unpaired) electrons. The Bertz CT molecular complexity index is 431. The van der Waals surface area contributed by atoms with Crippen LogP contribution in [0.25, 0.3) is 0 Å². The molecule has 1 aliphatic rings. The van der Waals surface area contributed by atoms with E-state index in [0.29, 0.717) is 11.1 Å². The summed E-state index contributed by atoms with van der Waals surface area (Å²) in [6.45, 7) is 0. The van der Waals surface area contributed by atoms with Gasteiger partial charge in [-0.25, -0.2) is 0 Å². The number of ether oxygens (including phenoxy) is 1. The van der Waals surface area contributed by atoms with Crippen LogP contribution in [0.15, 0.2) is 24.3 Å². The van der Waals surface area contributed by atoms with Gasteiger partial charge in [0.2, 0.25) is 0 Å². The number of hydrogen-bond donors (Lipinski definition) is 2. The normalized spacial score (nSPS) is 19.9. The molecule has 0 unspecified atom stereocenters. The van der Waals surface area contributed by atoms with E-state index in [1.807, 2.05) is 0 Å². The van der Waals surface area contributed by atoms with Gasteiger partial charge in [-0.3, -0.25) is 10.5 Å². The van der Waals surface area contributed by atoms with Crippen molar-refractivity contribution in [2.75, 3.05) is 7.11 Å². The van der Waals surface area contributed by atoms with Gasteiger partial charge >= 0.3 is 0 Å². The second-order valence-corrected chi connectivity index (χ2v) is 5.23. The Morgan fingerprint density at radius 3 is 2.35 bits per heavy atom. The molecule has 3 N–H and O–H groups in total. The zero-order valence-electron chi connectivity index (χ0n) is 11.6. The van der Waals surface area contributed by atoms with Crippen molar-refractivity contribution in [2.24, 2.45) is 11.7 Å². The first-order valence-electron chi connectivity index (χ1n) is 6.69. The van der Waals surface area contributed by atoms with Crippen LogP contribution in [-0.4, -0.2) is 24.6 Å². The van der Waals surface area contributed by atoms with Gasteiger partial charge in [-0.1, -0.05) is 37.1 Å². The van der Waals surface area contributed by atoms with E-state index < -0.39 is 11.8 Å². The quantitative estimate of drug-likeness (QED) is 0.646. The molecule has 1 saturated carbocycles. The molecule has 2 rings (SSSR count). The van der Waals surface area contributed by atoms with Crippen LogP contribution in [0.3, 0.4) is 0 Å². The summed E-state index contributed by atoms with van der Waals surface area (Å²) in [5, 5.41) is 10.5. The molecule has 0 saturated heterocycles. The van der Waals surface area contributed by atoms with E-state index in [1.165, 1.54) is 7.11 Å². The van der Waals surface area contributed by atoms with Crippen molar-refractivity contribution >= 4 is 18.7 Å². The molecule has 112 valence electrons. The SMILES string of the molecule is CO[C@](N)(c1ccc(C=O)cc1)[C@H](O)C1CCCC1.Cl. The molecule has 20 heavy (non-hydrogen) atoms. The molecule has 1 aliphatic carbocycles. The number of carbonyl (C=O) groups is 1. The van der Waals surface area contributed by atoms with Crippen molar-refractivity contribution in [2.45, 2.75) is 37.5 Å². The first-order valence-corrected chi connectivity index (χ1v) is 6.69. The first-order chi connectivity index (χ1) is 9.11. The lowest BCUT2D eigenvalue weighted by atomic mass is 9.87. The molecule has 0 heterocycles. The topological polar surface area (TPSA) is 72.5 Å². The van der Waals surface area contributed by atoms with Gasteiger partial charge in [0.05, 0.1) is 0 Å². The number of aliphatic hydroxyl groups excluding tert-OH is 1. The summed E-state index contributed by atoms with van der Waals surface area (Å²) in [6.07, 6.45) is 4.27. The van der Waals surface area contributed by atoms with Crippen molar-refractivity contribution in [3.63, 3.8) is 0 Å². The van der Waals surface area contributed by atoms with Crippen LogP contribution in [0.5, 0.6) is 0 Å². The third-order valence-corrected chi connectivity index (χ3v) is 4.12. The van der Waals surface area contributed by atoms with Gasteiger partial charge in [-0.2, -0.15) is 0 Å². The summed E-state index contributed by atoms with van der Waals surface area (Å²) < 4.78 is 5.41. The fourth-order valence-electron chi connectivity index (χ4n) is 2.85. The maximum atomic E-state index is 10.7. The summed E-state index contributed by atoms with van der Waals surface area (Å²) in [4.78, 5) is 10.7. The zero-order valence-corrected chi connectivity index (χ0v) is 12.4. The summed E-state index contributed by atoms with van der Waals surface area (Å²) in [5.41, 5.74) is 6.34. The molecular formula is C15H22ClNO3. The Morgan fingerprint density at radius 2 is 1.90 bits per heavy atom. The van der Waals surface area contributed by atoms with Gasteiger partial charge in [0, 0.05) is 18.2 Å². The molecule has 1 fully saturated rings. The van der Waals surface area contributed by atoms with Gasteiger partial charge in [0.1, 0.15) is 12.4 Å². The third kappa shape index (κ3) is 3.20. The fourth-order valence-corrected chi connectivity index (χ4v) is 2.85. The number of nitrogens with two attached hydrogens (primary N) is 1. The first kappa shape index (κ1) is 17.1.